The van der Waals surface area contributed by atoms with Gasteiger partial charge < -0.3 is 0 Å². The maximum Gasteiger partial charge on any atom is 0.0713 e. The first-order valence-electron chi connectivity index (χ1n) is 9.54. The Labute approximate surface area is 156 Å². The molecule has 0 aliphatic heterocycles. The van der Waals surface area contributed by atoms with E-state index in [2.05, 4.69) is 90.1 Å². The van der Waals surface area contributed by atoms with Crippen LogP contribution in [0.25, 0.3) is 0 Å². The van der Waals surface area contributed by atoms with Gasteiger partial charge in [-0.1, -0.05) is 83.0 Å². The fourth-order valence-electron chi connectivity index (χ4n) is 4.80. The number of benzene rings is 1. The van der Waals surface area contributed by atoms with Crippen molar-refractivity contribution in [1.82, 2.24) is 0 Å². The third kappa shape index (κ3) is 3.39. The van der Waals surface area contributed by atoms with E-state index in [4.69, 9.17) is 0 Å². The maximum absolute atomic E-state index is 2.63. The molecule has 3 rings (SSSR count). The summed E-state index contributed by atoms with van der Waals surface area (Å²) in [4.78, 5) is 0. The number of allylic oxidation sites excluding steroid dienone is 8. The molecule has 0 heterocycles. The minimum Gasteiger partial charge on any atom is -0.0837 e. The molecule has 25 heavy (non-hydrogen) atoms. The molecule has 132 valence electrons. The van der Waals surface area contributed by atoms with E-state index in [-0.39, 0.29) is 10.5 Å². The van der Waals surface area contributed by atoms with Crippen LogP contribution in [0.15, 0.2) is 65.3 Å². The molecule has 0 saturated carbocycles. The van der Waals surface area contributed by atoms with Crippen LogP contribution in [0.3, 0.4) is 0 Å². The third-order valence-electron chi connectivity index (χ3n) is 6.58. The highest BCUT2D eigenvalue weighted by molar-refractivity contribution is 6.59. The van der Waals surface area contributed by atoms with Crippen LogP contribution in [0.5, 0.6) is 0 Å². The molecule has 0 spiro atoms. The van der Waals surface area contributed by atoms with Crippen LogP contribution < -0.4 is 5.19 Å². The van der Waals surface area contributed by atoms with Crippen molar-refractivity contribution in [2.24, 2.45) is 5.41 Å². The molecule has 1 aromatic rings. The SMILES string of the molecule is CC1=CC(CC2(C)C=CC=CC2)([SiH2]c2c(C)cccc2C)C(C)=C1C. The van der Waals surface area contributed by atoms with Crippen molar-refractivity contribution in [1.29, 1.82) is 0 Å². The summed E-state index contributed by atoms with van der Waals surface area (Å²) in [6.45, 7) is 14.1. The molecule has 2 unspecified atom stereocenters. The van der Waals surface area contributed by atoms with Crippen LogP contribution in [0.4, 0.5) is 0 Å². The maximum atomic E-state index is 2.63. The molecule has 0 radical (unpaired) electrons. The Kier molecular flexibility index (Phi) is 4.81. The van der Waals surface area contributed by atoms with Gasteiger partial charge in [-0.15, -0.1) is 0 Å². The molecule has 0 bridgehead atoms. The lowest BCUT2D eigenvalue weighted by atomic mass is 9.74. The second-order valence-electron chi connectivity index (χ2n) is 8.60. The summed E-state index contributed by atoms with van der Waals surface area (Å²) in [5.74, 6) is 0. The molecule has 0 aromatic heterocycles. The summed E-state index contributed by atoms with van der Waals surface area (Å²) in [5, 5.41) is 1.94. The average molecular weight is 349 g/mol. The van der Waals surface area contributed by atoms with E-state index in [0.29, 0.717) is 0 Å². The van der Waals surface area contributed by atoms with Crippen molar-refractivity contribution >= 4 is 14.7 Å². The van der Waals surface area contributed by atoms with Gasteiger partial charge in [0.05, 0.1) is 9.52 Å². The molecule has 0 nitrogen and oxygen atoms in total. The van der Waals surface area contributed by atoms with Crippen molar-refractivity contribution in [3.05, 3.63) is 76.4 Å². The Hall–Kier alpha value is -1.60. The standard InChI is InChI=1S/C24H32Si/c1-17-11-10-12-18(2)22(17)25-24(15-19(3)20(4)21(24)5)16-23(6)13-8-7-9-14-23/h7-13,15H,14,16,25H2,1-6H3. The third-order valence-corrected chi connectivity index (χ3v) is 9.66. The first-order chi connectivity index (χ1) is 11.8. The zero-order chi connectivity index (χ0) is 18.2. The van der Waals surface area contributed by atoms with E-state index >= 15 is 0 Å². The second-order valence-corrected chi connectivity index (χ2v) is 10.9. The number of hydrogen-bond acceptors (Lipinski definition) is 0. The fraction of sp³-hybridized carbons (Fsp3) is 0.417. The fourth-order valence-corrected chi connectivity index (χ4v) is 7.86. The molecular weight excluding hydrogens is 316 g/mol. The summed E-state index contributed by atoms with van der Waals surface area (Å²) in [5.41, 5.74) is 7.88. The monoisotopic (exact) mass is 348 g/mol. The molecule has 1 aromatic carbocycles. The van der Waals surface area contributed by atoms with Gasteiger partial charge in [0.25, 0.3) is 0 Å². The van der Waals surface area contributed by atoms with Crippen molar-refractivity contribution in [3.63, 3.8) is 0 Å². The average Bonchev–Trinajstić information content (AvgIpc) is 2.76. The lowest BCUT2D eigenvalue weighted by Crippen LogP contribution is -2.36. The summed E-state index contributed by atoms with van der Waals surface area (Å²) in [6, 6.07) is 6.80. The number of hydrogen-bond donors (Lipinski definition) is 0. The molecule has 2 atom stereocenters. The van der Waals surface area contributed by atoms with Crippen molar-refractivity contribution in [2.45, 2.75) is 59.4 Å². The van der Waals surface area contributed by atoms with Crippen molar-refractivity contribution in [2.75, 3.05) is 0 Å². The molecular formula is C24H32Si. The van der Waals surface area contributed by atoms with Gasteiger partial charge in [-0.2, -0.15) is 0 Å². The van der Waals surface area contributed by atoms with Gasteiger partial charge in [0.1, 0.15) is 0 Å². The van der Waals surface area contributed by atoms with Crippen LogP contribution in [0.1, 0.15) is 51.7 Å². The molecule has 0 saturated heterocycles. The highest BCUT2D eigenvalue weighted by Gasteiger charge is 2.41. The summed E-state index contributed by atoms with van der Waals surface area (Å²) in [7, 11) is -0.485. The Morgan fingerprint density at radius 2 is 1.68 bits per heavy atom. The number of rotatable bonds is 4. The minimum atomic E-state index is -0.485. The van der Waals surface area contributed by atoms with Crippen LogP contribution in [-0.2, 0) is 0 Å². The van der Waals surface area contributed by atoms with E-state index < -0.39 is 9.52 Å². The van der Waals surface area contributed by atoms with E-state index in [9.17, 15) is 0 Å². The van der Waals surface area contributed by atoms with Crippen molar-refractivity contribution in [3.8, 4) is 0 Å². The second kappa shape index (κ2) is 6.61. The first-order valence-corrected chi connectivity index (χ1v) is 11.0. The quantitative estimate of drug-likeness (QED) is 0.633. The zero-order valence-corrected chi connectivity index (χ0v) is 18.2. The van der Waals surface area contributed by atoms with Crippen molar-refractivity contribution < 1.29 is 0 Å². The van der Waals surface area contributed by atoms with Crippen LogP contribution in [0.2, 0.25) is 5.04 Å². The van der Waals surface area contributed by atoms with Gasteiger partial charge in [0, 0.05) is 5.04 Å². The molecule has 0 fully saturated rings. The van der Waals surface area contributed by atoms with Gasteiger partial charge in [-0.05, 0) is 58.4 Å². The number of aryl methyl sites for hydroxylation is 2. The molecule has 2 aliphatic rings. The molecule has 0 N–H and O–H groups in total. The van der Waals surface area contributed by atoms with Gasteiger partial charge in [0.2, 0.25) is 0 Å². The van der Waals surface area contributed by atoms with Gasteiger partial charge >= 0.3 is 0 Å². The summed E-state index contributed by atoms with van der Waals surface area (Å²) < 4.78 is 0. The predicted octanol–water partition coefficient (Wildman–Crippen LogP) is 5.47. The lowest BCUT2D eigenvalue weighted by Gasteiger charge is -2.39. The highest BCUT2D eigenvalue weighted by Crippen LogP contribution is 2.54. The summed E-state index contributed by atoms with van der Waals surface area (Å²) in [6.07, 6.45) is 14.3. The van der Waals surface area contributed by atoms with Crippen LogP contribution >= 0.6 is 0 Å². The van der Waals surface area contributed by atoms with E-state index in [1.54, 1.807) is 10.8 Å². The van der Waals surface area contributed by atoms with Gasteiger partial charge in [0.15, 0.2) is 0 Å². The van der Waals surface area contributed by atoms with E-state index in [0.717, 1.165) is 6.42 Å². The molecule has 2 aliphatic carbocycles. The normalized spacial score (nSPS) is 29.1. The topological polar surface area (TPSA) is 0 Å². The predicted molar refractivity (Wildman–Crippen MR) is 115 cm³/mol. The largest absolute Gasteiger partial charge is 0.0837 e. The van der Waals surface area contributed by atoms with Crippen LogP contribution in [-0.4, -0.2) is 9.52 Å². The Balaban J connectivity index is 2.06. The zero-order valence-electron chi connectivity index (χ0n) is 16.7. The van der Waals surface area contributed by atoms with Crippen LogP contribution in [0, 0.1) is 19.3 Å². The Morgan fingerprint density at radius 3 is 2.20 bits per heavy atom. The summed E-state index contributed by atoms with van der Waals surface area (Å²) >= 11 is 0. The van der Waals surface area contributed by atoms with Gasteiger partial charge in [-0.3, -0.25) is 0 Å². The molecule has 1 heteroatoms. The first kappa shape index (κ1) is 18.2. The van der Waals surface area contributed by atoms with E-state index in [1.165, 1.54) is 28.7 Å². The smallest absolute Gasteiger partial charge is 0.0713 e. The Morgan fingerprint density at radius 1 is 1.00 bits per heavy atom. The molecule has 0 amide bonds. The Bertz CT molecular complexity index is 785. The minimum absolute atomic E-state index is 0.265. The van der Waals surface area contributed by atoms with E-state index in [1.807, 2.05) is 0 Å². The lowest BCUT2D eigenvalue weighted by molar-refractivity contribution is 0.367. The highest BCUT2D eigenvalue weighted by atomic mass is 28.2. The van der Waals surface area contributed by atoms with Gasteiger partial charge in [-0.25, -0.2) is 0 Å².